The lowest BCUT2D eigenvalue weighted by molar-refractivity contribution is -0.136. The first-order valence-corrected chi connectivity index (χ1v) is 8.30. The molecule has 3 fully saturated rings. The first kappa shape index (κ1) is 13.9. The van der Waals surface area contributed by atoms with Crippen molar-refractivity contribution < 1.29 is 9.59 Å². The summed E-state index contributed by atoms with van der Waals surface area (Å²) in [7, 11) is 0. The maximum atomic E-state index is 12.4. The largest absolute Gasteiger partial charge is 0.353 e. The minimum absolute atomic E-state index is 0.0249. The van der Waals surface area contributed by atoms with Gasteiger partial charge in [0.15, 0.2) is 0 Å². The SMILES string of the molecule is O=C(NC1CC1)C1CCCN(C(=O)CC2CCCC2)C1. The molecule has 2 amide bonds. The predicted octanol–water partition coefficient (Wildman–Crippen LogP) is 2.08. The molecule has 4 heteroatoms. The number of nitrogens with zero attached hydrogens (tertiary/aromatic N) is 1. The fraction of sp³-hybridized carbons (Fsp3) is 0.875. The number of hydrogen-bond acceptors (Lipinski definition) is 2. The standard InChI is InChI=1S/C16H26N2O2/c19-15(10-12-4-1-2-5-12)18-9-3-6-13(11-18)16(20)17-14-7-8-14/h12-14H,1-11H2,(H,17,20). The maximum absolute atomic E-state index is 12.4. The zero-order chi connectivity index (χ0) is 13.9. The Hall–Kier alpha value is -1.06. The van der Waals surface area contributed by atoms with Crippen LogP contribution in [0.2, 0.25) is 0 Å². The van der Waals surface area contributed by atoms with Gasteiger partial charge < -0.3 is 10.2 Å². The predicted molar refractivity (Wildman–Crippen MR) is 77.0 cm³/mol. The summed E-state index contributed by atoms with van der Waals surface area (Å²) in [6.45, 7) is 1.49. The molecule has 4 nitrogen and oxygen atoms in total. The van der Waals surface area contributed by atoms with Gasteiger partial charge in [-0.15, -0.1) is 0 Å². The molecule has 0 spiro atoms. The minimum atomic E-state index is 0.0249. The van der Waals surface area contributed by atoms with Crippen LogP contribution in [0.5, 0.6) is 0 Å². The highest BCUT2D eigenvalue weighted by Crippen LogP contribution is 2.29. The highest BCUT2D eigenvalue weighted by Gasteiger charge is 2.32. The molecule has 3 rings (SSSR count). The summed E-state index contributed by atoms with van der Waals surface area (Å²) in [5.41, 5.74) is 0. The third-order valence-electron chi connectivity index (χ3n) is 5.01. The van der Waals surface area contributed by atoms with E-state index < -0.39 is 0 Å². The Labute approximate surface area is 121 Å². The van der Waals surface area contributed by atoms with Crippen molar-refractivity contribution in [1.82, 2.24) is 10.2 Å². The van der Waals surface area contributed by atoms with Crippen LogP contribution >= 0.6 is 0 Å². The number of hydrogen-bond donors (Lipinski definition) is 1. The van der Waals surface area contributed by atoms with Gasteiger partial charge in [0, 0.05) is 25.6 Å². The Morgan fingerprint density at radius 2 is 1.75 bits per heavy atom. The van der Waals surface area contributed by atoms with E-state index in [0.717, 1.165) is 32.2 Å². The number of rotatable bonds is 4. The van der Waals surface area contributed by atoms with Crippen LogP contribution in [0.3, 0.4) is 0 Å². The fourth-order valence-corrected chi connectivity index (χ4v) is 3.55. The number of amides is 2. The molecule has 1 aliphatic heterocycles. The van der Waals surface area contributed by atoms with Crippen LogP contribution in [0.1, 0.15) is 57.8 Å². The Kier molecular flexibility index (Phi) is 4.27. The molecule has 1 heterocycles. The molecular formula is C16H26N2O2. The Bertz CT molecular complexity index is 373. The Balaban J connectivity index is 1.48. The lowest BCUT2D eigenvalue weighted by Crippen LogP contribution is -2.46. The zero-order valence-electron chi connectivity index (χ0n) is 12.3. The first-order chi connectivity index (χ1) is 9.72. The summed E-state index contributed by atoms with van der Waals surface area (Å²) < 4.78 is 0. The summed E-state index contributed by atoms with van der Waals surface area (Å²) in [6.07, 6.45) is 9.86. The van der Waals surface area contributed by atoms with Crippen LogP contribution in [-0.4, -0.2) is 35.8 Å². The van der Waals surface area contributed by atoms with Crippen LogP contribution in [-0.2, 0) is 9.59 Å². The van der Waals surface area contributed by atoms with E-state index in [-0.39, 0.29) is 17.7 Å². The van der Waals surface area contributed by atoms with E-state index in [1.807, 2.05) is 4.90 Å². The van der Waals surface area contributed by atoms with Crippen LogP contribution in [0.15, 0.2) is 0 Å². The molecule has 3 aliphatic rings. The first-order valence-electron chi connectivity index (χ1n) is 8.30. The molecule has 0 aromatic carbocycles. The van der Waals surface area contributed by atoms with Crippen molar-refractivity contribution in [2.75, 3.05) is 13.1 Å². The van der Waals surface area contributed by atoms with Crippen LogP contribution in [0.4, 0.5) is 0 Å². The normalized spacial score (nSPS) is 27.6. The third kappa shape index (κ3) is 3.53. The highest BCUT2D eigenvalue weighted by molar-refractivity contribution is 5.81. The van der Waals surface area contributed by atoms with Gasteiger partial charge in [-0.3, -0.25) is 9.59 Å². The van der Waals surface area contributed by atoms with Gasteiger partial charge in [0.2, 0.25) is 11.8 Å². The van der Waals surface area contributed by atoms with Crippen LogP contribution in [0.25, 0.3) is 0 Å². The Morgan fingerprint density at radius 3 is 2.45 bits per heavy atom. The van der Waals surface area contributed by atoms with Gasteiger partial charge in [0.05, 0.1) is 5.92 Å². The Morgan fingerprint density at radius 1 is 1.00 bits per heavy atom. The van der Waals surface area contributed by atoms with E-state index in [9.17, 15) is 9.59 Å². The second-order valence-electron chi connectivity index (χ2n) is 6.82. The lowest BCUT2D eigenvalue weighted by Gasteiger charge is -2.32. The van der Waals surface area contributed by atoms with E-state index in [2.05, 4.69) is 5.32 Å². The van der Waals surface area contributed by atoms with Gasteiger partial charge in [-0.1, -0.05) is 12.8 Å². The molecule has 20 heavy (non-hydrogen) atoms. The van der Waals surface area contributed by atoms with Gasteiger partial charge >= 0.3 is 0 Å². The molecule has 0 aromatic heterocycles. The topological polar surface area (TPSA) is 49.4 Å². The van der Waals surface area contributed by atoms with E-state index in [0.29, 0.717) is 24.9 Å². The van der Waals surface area contributed by atoms with E-state index in [1.165, 1.54) is 25.7 Å². The molecule has 1 saturated heterocycles. The average molecular weight is 278 g/mol. The van der Waals surface area contributed by atoms with Gasteiger partial charge in [-0.2, -0.15) is 0 Å². The van der Waals surface area contributed by atoms with Crippen molar-refractivity contribution >= 4 is 11.8 Å². The molecule has 0 aromatic rings. The van der Waals surface area contributed by atoms with E-state index >= 15 is 0 Å². The third-order valence-corrected chi connectivity index (χ3v) is 5.01. The number of likely N-dealkylation sites (tertiary alicyclic amines) is 1. The average Bonchev–Trinajstić information content (AvgIpc) is 3.12. The molecule has 0 bridgehead atoms. The number of carbonyl (C=O) groups is 2. The van der Waals surface area contributed by atoms with Gasteiger partial charge in [0.25, 0.3) is 0 Å². The van der Waals surface area contributed by atoms with Gasteiger partial charge in [-0.25, -0.2) is 0 Å². The van der Waals surface area contributed by atoms with Crippen LogP contribution in [0, 0.1) is 11.8 Å². The van der Waals surface area contributed by atoms with Gasteiger partial charge in [-0.05, 0) is 44.4 Å². The lowest BCUT2D eigenvalue weighted by atomic mass is 9.95. The van der Waals surface area contributed by atoms with Crippen molar-refractivity contribution in [2.45, 2.75) is 63.8 Å². The second kappa shape index (κ2) is 6.15. The smallest absolute Gasteiger partial charge is 0.225 e. The second-order valence-corrected chi connectivity index (χ2v) is 6.82. The molecule has 2 aliphatic carbocycles. The molecule has 0 radical (unpaired) electrons. The van der Waals surface area contributed by atoms with Gasteiger partial charge in [0.1, 0.15) is 0 Å². The summed E-state index contributed by atoms with van der Waals surface area (Å²) >= 11 is 0. The summed E-state index contributed by atoms with van der Waals surface area (Å²) in [5, 5.41) is 3.08. The quantitative estimate of drug-likeness (QED) is 0.856. The maximum Gasteiger partial charge on any atom is 0.225 e. The van der Waals surface area contributed by atoms with Crippen molar-refractivity contribution in [1.29, 1.82) is 0 Å². The zero-order valence-corrected chi connectivity index (χ0v) is 12.3. The van der Waals surface area contributed by atoms with Crippen molar-refractivity contribution in [3.05, 3.63) is 0 Å². The summed E-state index contributed by atoms with van der Waals surface area (Å²) in [4.78, 5) is 26.4. The summed E-state index contributed by atoms with van der Waals surface area (Å²) in [6, 6.07) is 0.423. The molecule has 1 unspecified atom stereocenters. The van der Waals surface area contributed by atoms with Crippen LogP contribution < -0.4 is 5.32 Å². The molecule has 1 atom stereocenters. The fourth-order valence-electron chi connectivity index (χ4n) is 3.55. The molecule has 1 N–H and O–H groups in total. The van der Waals surface area contributed by atoms with E-state index in [4.69, 9.17) is 0 Å². The number of nitrogens with one attached hydrogen (secondary N) is 1. The molecule has 2 saturated carbocycles. The number of carbonyl (C=O) groups excluding carboxylic acids is 2. The highest BCUT2D eigenvalue weighted by atomic mass is 16.2. The van der Waals surface area contributed by atoms with Crippen molar-refractivity contribution in [3.8, 4) is 0 Å². The minimum Gasteiger partial charge on any atom is -0.353 e. The van der Waals surface area contributed by atoms with Crippen molar-refractivity contribution in [3.63, 3.8) is 0 Å². The molecular weight excluding hydrogens is 252 g/mol. The monoisotopic (exact) mass is 278 g/mol. The molecule has 112 valence electrons. The number of piperidine rings is 1. The van der Waals surface area contributed by atoms with E-state index in [1.54, 1.807) is 0 Å². The van der Waals surface area contributed by atoms with Crippen molar-refractivity contribution in [2.24, 2.45) is 11.8 Å². The summed E-state index contributed by atoms with van der Waals surface area (Å²) in [5.74, 6) is 1.08.